The van der Waals surface area contributed by atoms with Crippen molar-refractivity contribution in [2.75, 3.05) is 0 Å². The first-order valence-electron chi connectivity index (χ1n) is 9.08. The van der Waals surface area contributed by atoms with Gasteiger partial charge in [-0.2, -0.15) is 5.10 Å². The average Bonchev–Trinajstić information content (AvgIpc) is 2.74. The Morgan fingerprint density at radius 3 is 2.25 bits per heavy atom. The average molecular weight is 369 g/mol. The molecule has 0 aliphatic carbocycles. The maximum Gasteiger partial charge on any atom is 0.272 e. The van der Waals surface area contributed by atoms with Crippen molar-refractivity contribution >= 4 is 16.7 Å². The fraction of sp³-hybridized carbons (Fsp3) is 0.0870. The molecule has 5 nitrogen and oxygen atoms in total. The lowest BCUT2D eigenvalue weighted by molar-refractivity contribution is -0.120. The van der Waals surface area contributed by atoms with Gasteiger partial charge in [0.15, 0.2) is 0 Å². The van der Waals surface area contributed by atoms with Gasteiger partial charge >= 0.3 is 0 Å². The molecule has 1 amide bonds. The van der Waals surface area contributed by atoms with Crippen molar-refractivity contribution < 1.29 is 4.79 Å². The van der Waals surface area contributed by atoms with Crippen molar-refractivity contribution in [2.24, 2.45) is 0 Å². The summed E-state index contributed by atoms with van der Waals surface area (Å²) in [4.78, 5) is 24.1. The van der Waals surface area contributed by atoms with Crippen LogP contribution in [0.5, 0.6) is 0 Å². The van der Waals surface area contributed by atoms with E-state index in [0.29, 0.717) is 18.4 Å². The number of nitrogens with one attached hydrogen (secondary N) is 2. The fourth-order valence-corrected chi connectivity index (χ4v) is 3.16. The van der Waals surface area contributed by atoms with Crippen molar-refractivity contribution in [2.45, 2.75) is 13.0 Å². The largest absolute Gasteiger partial charge is 0.352 e. The molecule has 138 valence electrons. The predicted molar refractivity (Wildman–Crippen MR) is 110 cm³/mol. The Labute approximate surface area is 162 Å². The Morgan fingerprint density at radius 1 is 0.821 bits per heavy atom. The van der Waals surface area contributed by atoms with Crippen molar-refractivity contribution in [3.63, 3.8) is 0 Å². The van der Waals surface area contributed by atoms with E-state index in [4.69, 9.17) is 0 Å². The number of fused-ring (bicyclic) bond motifs is 1. The van der Waals surface area contributed by atoms with Crippen LogP contribution in [0.15, 0.2) is 83.7 Å². The lowest BCUT2D eigenvalue weighted by Crippen LogP contribution is -2.24. The van der Waals surface area contributed by atoms with Crippen LogP contribution in [-0.2, 0) is 17.8 Å². The molecule has 3 aromatic carbocycles. The molecule has 0 aliphatic rings. The lowest BCUT2D eigenvalue weighted by atomic mass is 10.0. The molecule has 2 N–H and O–H groups in total. The van der Waals surface area contributed by atoms with Crippen LogP contribution in [0.3, 0.4) is 0 Å². The Hall–Kier alpha value is -3.73. The van der Waals surface area contributed by atoms with Crippen LogP contribution in [0, 0.1) is 0 Å². The van der Waals surface area contributed by atoms with Gasteiger partial charge in [0.25, 0.3) is 5.56 Å². The molecule has 0 saturated heterocycles. The summed E-state index contributed by atoms with van der Waals surface area (Å²) in [7, 11) is 0. The van der Waals surface area contributed by atoms with Gasteiger partial charge < -0.3 is 5.32 Å². The molecule has 1 aromatic heterocycles. The molecule has 1 heterocycles. The van der Waals surface area contributed by atoms with Gasteiger partial charge in [-0.25, -0.2) is 5.10 Å². The minimum Gasteiger partial charge on any atom is -0.352 e. The molecule has 0 radical (unpaired) electrons. The predicted octanol–water partition coefficient (Wildman–Crippen LogP) is 3.45. The van der Waals surface area contributed by atoms with E-state index >= 15 is 0 Å². The first-order valence-corrected chi connectivity index (χ1v) is 9.08. The number of carbonyl (C=O) groups excluding carboxylic acids is 1. The highest BCUT2D eigenvalue weighted by atomic mass is 16.1. The van der Waals surface area contributed by atoms with Gasteiger partial charge in [0.05, 0.1) is 17.5 Å². The minimum atomic E-state index is -0.203. The molecule has 4 rings (SSSR count). The first kappa shape index (κ1) is 17.7. The molecular formula is C23H19N3O2. The van der Waals surface area contributed by atoms with Crippen molar-refractivity contribution in [3.8, 4) is 11.3 Å². The standard InChI is InChI=1S/C23H19N3O2/c27-21(24-15-17-6-2-1-3-7-17)14-16-10-12-18(13-11-16)22-19-8-4-5-9-20(19)23(28)26-25-22/h1-13H,14-15H2,(H,24,27)(H,26,28). The fourth-order valence-electron chi connectivity index (χ4n) is 3.16. The quantitative estimate of drug-likeness (QED) is 0.566. The zero-order chi connectivity index (χ0) is 19.3. The molecule has 0 bridgehead atoms. The number of benzene rings is 3. The van der Waals surface area contributed by atoms with E-state index in [2.05, 4.69) is 15.5 Å². The number of hydrogen-bond acceptors (Lipinski definition) is 3. The third-order valence-corrected chi connectivity index (χ3v) is 4.62. The van der Waals surface area contributed by atoms with Gasteiger partial charge in [-0.3, -0.25) is 9.59 Å². The summed E-state index contributed by atoms with van der Waals surface area (Å²) >= 11 is 0. The van der Waals surface area contributed by atoms with E-state index < -0.39 is 0 Å². The molecule has 0 saturated carbocycles. The zero-order valence-electron chi connectivity index (χ0n) is 15.2. The van der Waals surface area contributed by atoms with E-state index in [9.17, 15) is 9.59 Å². The van der Waals surface area contributed by atoms with Crippen LogP contribution in [0.25, 0.3) is 22.0 Å². The molecule has 0 spiro atoms. The zero-order valence-corrected chi connectivity index (χ0v) is 15.2. The van der Waals surface area contributed by atoms with Crippen LogP contribution < -0.4 is 10.9 Å². The molecule has 0 unspecified atom stereocenters. The summed E-state index contributed by atoms with van der Waals surface area (Å²) in [5, 5.41) is 11.1. The van der Waals surface area contributed by atoms with Gasteiger partial charge in [0.1, 0.15) is 0 Å². The van der Waals surface area contributed by atoms with Gasteiger partial charge in [0, 0.05) is 17.5 Å². The maximum atomic E-state index is 12.2. The summed E-state index contributed by atoms with van der Waals surface area (Å²) in [5.41, 5.74) is 3.40. The Kier molecular flexibility index (Phi) is 4.97. The second-order valence-electron chi connectivity index (χ2n) is 6.58. The number of hydrogen-bond donors (Lipinski definition) is 2. The molecule has 28 heavy (non-hydrogen) atoms. The third-order valence-electron chi connectivity index (χ3n) is 4.62. The summed E-state index contributed by atoms with van der Waals surface area (Å²) in [6.45, 7) is 0.519. The highest BCUT2D eigenvalue weighted by Gasteiger charge is 2.09. The normalized spacial score (nSPS) is 10.7. The first-order chi connectivity index (χ1) is 13.7. The molecule has 4 aromatic rings. The van der Waals surface area contributed by atoms with Crippen molar-refractivity contribution in [1.29, 1.82) is 0 Å². The molecule has 0 aliphatic heterocycles. The number of amides is 1. The summed E-state index contributed by atoms with van der Waals surface area (Å²) in [5.74, 6) is -0.0239. The number of H-pyrrole nitrogens is 1. The highest BCUT2D eigenvalue weighted by molar-refractivity contribution is 5.93. The van der Waals surface area contributed by atoms with Crippen LogP contribution >= 0.6 is 0 Å². The van der Waals surface area contributed by atoms with Gasteiger partial charge in [-0.15, -0.1) is 0 Å². The van der Waals surface area contributed by atoms with E-state index in [-0.39, 0.29) is 11.5 Å². The highest BCUT2D eigenvalue weighted by Crippen LogP contribution is 2.24. The lowest BCUT2D eigenvalue weighted by Gasteiger charge is -2.08. The van der Waals surface area contributed by atoms with E-state index in [0.717, 1.165) is 27.8 Å². The van der Waals surface area contributed by atoms with Crippen LogP contribution in [0.1, 0.15) is 11.1 Å². The second-order valence-corrected chi connectivity index (χ2v) is 6.58. The van der Waals surface area contributed by atoms with Crippen LogP contribution in [0.2, 0.25) is 0 Å². The summed E-state index contributed by atoms with van der Waals surface area (Å²) in [6, 6.07) is 24.9. The van der Waals surface area contributed by atoms with Crippen molar-refractivity contribution in [1.82, 2.24) is 15.5 Å². The van der Waals surface area contributed by atoms with E-state index in [1.54, 1.807) is 6.07 Å². The Morgan fingerprint density at radius 2 is 1.50 bits per heavy atom. The maximum absolute atomic E-state index is 12.2. The smallest absolute Gasteiger partial charge is 0.272 e. The van der Waals surface area contributed by atoms with E-state index in [1.807, 2.05) is 72.8 Å². The van der Waals surface area contributed by atoms with Crippen LogP contribution in [0.4, 0.5) is 0 Å². The van der Waals surface area contributed by atoms with E-state index in [1.165, 1.54) is 0 Å². The Balaban J connectivity index is 1.48. The summed E-state index contributed by atoms with van der Waals surface area (Å²) < 4.78 is 0. The molecule has 0 atom stereocenters. The number of nitrogens with zero attached hydrogens (tertiary/aromatic N) is 1. The SMILES string of the molecule is O=C(Cc1ccc(-c2n[nH]c(=O)c3ccccc23)cc1)NCc1ccccc1. The van der Waals surface area contributed by atoms with Gasteiger partial charge in [-0.1, -0.05) is 72.8 Å². The number of aromatic amines is 1. The monoisotopic (exact) mass is 369 g/mol. The van der Waals surface area contributed by atoms with Gasteiger partial charge in [-0.05, 0) is 17.2 Å². The third kappa shape index (κ3) is 3.83. The van der Waals surface area contributed by atoms with Crippen molar-refractivity contribution in [3.05, 3.63) is 100 Å². The molecular weight excluding hydrogens is 350 g/mol. The molecule has 5 heteroatoms. The number of rotatable bonds is 5. The number of aromatic nitrogens is 2. The topological polar surface area (TPSA) is 74.8 Å². The Bertz CT molecular complexity index is 1170. The number of carbonyl (C=O) groups is 1. The van der Waals surface area contributed by atoms with Gasteiger partial charge in [0.2, 0.25) is 5.91 Å². The minimum absolute atomic E-state index is 0.0239. The summed E-state index contributed by atoms with van der Waals surface area (Å²) in [6.07, 6.45) is 0.312. The molecule has 0 fully saturated rings. The second kappa shape index (κ2) is 7.88. The van der Waals surface area contributed by atoms with Crippen LogP contribution in [-0.4, -0.2) is 16.1 Å².